The van der Waals surface area contributed by atoms with Crippen molar-refractivity contribution < 1.29 is 14.4 Å². The summed E-state index contributed by atoms with van der Waals surface area (Å²) in [5, 5.41) is 7.96. The van der Waals surface area contributed by atoms with Crippen molar-refractivity contribution in [2.45, 2.75) is 31.3 Å². The van der Waals surface area contributed by atoms with E-state index in [2.05, 4.69) is 10.6 Å². The largest absolute Gasteiger partial charge is 0.348 e. The van der Waals surface area contributed by atoms with Crippen LogP contribution in [-0.2, 0) is 21.5 Å². The summed E-state index contributed by atoms with van der Waals surface area (Å²) in [6.07, 6.45) is 1.24. The van der Waals surface area contributed by atoms with Gasteiger partial charge in [-0.25, -0.2) is 4.79 Å². The van der Waals surface area contributed by atoms with Gasteiger partial charge in [-0.2, -0.15) is 0 Å². The molecule has 2 aliphatic rings. The summed E-state index contributed by atoms with van der Waals surface area (Å²) in [6.45, 7) is 1.60. The van der Waals surface area contributed by atoms with Crippen LogP contribution in [-0.4, -0.2) is 29.3 Å². The molecular formula is C25H23N3O3. The van der Waals surface area contributed by atoms with Crippen LogP contribution in [0, 0.1) is 0 Å². The fourth-order valence-corrected chi connectivity index (χ4v) is 4.87. The van der Waals surface area contributed by atoms with Gasteiger partial charge in [-0.15, -0.1) is 0 Å². The number of rotatable bonds is 4. The molecule has 1 saturated heterocycles. The molecule has 2 N–H and O–H groups in total. The number of benzene rings is 3. The summed E-state index contributed by atoms with van der Waals surface area (Å²) >= 11 is 0. The van der Waals surface area contributed by atoms with Crippen LogP contribution in [0.25, 0.3) is 10.8 Å². The predicted octanol–water partition coefficient (Wildman–Crippen LogP) is 3.41. The molecule has 0 unspecified atom stereocenters. The van der Waals surface area contributed by atoms with Gasteiger partial charge in [0.25, 0.3) is 5.91 Å². The maximum Gasteiger partial charge on any atom is 0.325 e. The second-order valence-corrected chi connectivity index (χ2v) is 8.24. The van der Waals surface area contributed by atoms with Gasteiger partial charge in [-0.05, 0) is 47.2 Å². The van der Waals surface area contributed by atoms with E-state index in [-0.39, 0.29) is 24.4 Å². The average Bonchev–Trinajstić information content (AvgIpc) is 3.26. The maximum atomic E-state index is 13.2. The molecular weight excluding hydrogens is 390 g/mol. The summed E-state index contributed by atoms with van der Waals surface area (Å²) in [4.78, 5) is 39.7. The molecule has 156 valence electrons. The van der Waals surface area contributed by atoms with E-state index in [1.807, 2.05) is 73.7 Å². The highest BCUT2D eigenvalue weighted by Crippen LogP contribution is 2.41. The topological polar surface area (TPSA) is 78.5 Å². The lowest BCUT2D eigenvalue weighted by molar-refractivity contribution is -0.135. The first kappa shape index (κ1) is 19.3. The smallest absolute Gasteiger partial charge is 0.325 e. The van der Waals surface area contributed by atoms with Crippen molar-refractivity contribution in [1.29, 1.82) is 0 Å². The van der Waals surface area contributed by atoms with Crippen LogP contribution in [0.4, 0.5) is 4.79 Å². The molecule has 31 heavy (non-hydrogen) atoms. The molecule has 0 saturated carbocycles. The van der Waals surface area contributed by atoms with E-state index in [0.717, 1.165) is 38.8 Å². The van der Waals surface area contributed by atoms with Crippen molar-refractivity contribution in [2.24, 2.45) is 0 Å². The van der Waals surface area contributed by atoms with Crippen molar-refractivity contribution in [1.82, 2.24) is 15.5 Å². The lowest BCUT2D eigenvalue weighted by Gasteiger charge is -2.22. The number of aryl methyl sites for hydroxylation is 1. The Morgan fingerprint density at radius 3 is 2.68 bits per heavy atom. The fourth-order valence-electron chi connectivity index (χ4n) is 4.87. The number of nitrogens with zero attached hydrogens (tertiary/aromatic N) is 1. The maximum absolute atomic E-state index is 13.2. The highest BCUT2D eigenvalue weighted by molar-refractivity contribution is 6.10. The third-order valence-electron chi connectivity index (χ3n) is 6.39. The molecule has 6 nitrogen and oxygen atoms in total. The monoisotopic (exact) mass is 413 g/mol. The summed E-state index contributed by atoms with van der Waals surface area (Å²) < 4.78 is 0. The van der Waals surface area contributed by atoms with Gasteiger partial charge in [-0.3, -0.25) is 14.5 Å². The highest BCUT2D eigenvalue weighted by atomic mass is 16.2. The predicted molar refractivity (Wildman–Crippen MR) is 117 cm³/mol. The normalized spacial score (nSPS) is 20.7. The van der Waals surface area contributed by atoms with Gasteiger partial charge in [0.15, 0.2) is 0 Å². The first-order valence-corrected chi connectivity index (χ1v) is 10.5. The lowest BCUT2D eigenvalue weighted by atomic mass is 9.92. The average molecular weight is 413 g/mol. The first-order chi connectivity index (χ1) is 15.0. The summed E-state index contributed by atoms with van der Waals surface area (Å²) in [5.74, 6) is -0.720. The molecule has 3 aromatic carbocycles. The minimum Gasteiger partial charge on any atom is -0.348 e. The molecule has 1 aliphatic carbocycles. The van der Waals surface area contributed by atoms with Gasteiger partial charge in [-0.1, -0.05) is 66.7 Å². The Kier molecular flexibility index (Phi) is 4.50. The number of amides is 4. The lowest BCUT2D eigenvalue weighted by Crippen LogP contribution is -2.44. The third kappa shape index (κ3) is 3.06. The van der Waals surface area contributed by atoms with E-state index in [1.54, 1.807) is 0 Å². The number of carbonyl (C=O) groups is 3. The molecule has 2 atom stereocenters. The van der Waals surface area contributed by atoms with E-state index in [4.69, 9.17) is 0 Å². The molecule has 1 spiro atoms. The number of carbonyl (C=O) groups excluding carboxylic acids is 3. The van der Waals surface area contributed by atoms with Crippen molar-refractivity contribution >= 4 is 28.6 Å². The van der Waals surface area contributed by atoms with Gasteiger partial charge < -0.3 is 10.6 Å². The van der Waals surface area contributed by atoms with Crippen LogP contribution in [0.3, 0.4) is 0 Å². The van der Waals surface area contributed by atoms with Crippen LogP contribution in [0.15, 0.2) is 66.7 Å². The molecule has 3 aromatic rings. The number of hydrogen-bond acceptors (Lipinski definition) is 3. The Morgan fingerprint density at radius 1 is 1.06 bits per heavy atom. The van der Waals surface area contributed by atoms with Crippen molar-refractivity contribution in [3.8, 4) is 0 Å². The Hall–Kier alpha value is -3.67. The van der Waals surface area contributed by atoms with Crippen LogP contribution >= 0.6 is 0 Å². The SMILES string of the molecule is C[C@@H](NC(=O)CN1C(=O)N[C@]2(CCc3ccccc32)C1=O)c1cccc2ccccc12. The molecule has 0 bridgehead atoms. The van der Waals surface area contributed by atoms with E-state index in [1.165, 1.54) is 0 Å². The number of hydrogen-bond donors (Lipinski definition) is 2. The number of nitrogens with one attached hydrogen (secondary N) is 2. The zero-order valence-electron chi connectivity index (χ0n) is 17.2. The highest BCUT2D eigenvalue weighted by Gasteiger charge is 2.55. The minimum atomic E-state index is -1.05. The Morgan fingerprint density at radius 2 is 1.81 bits per heavy atom. The Balaban J connectivity index is 1.33. The Bertz CT molecular complexity index is 1220. The molecule has 6 heteroatoms. The van der Waals surface area contributed by atoms with Gasteiger partial charge in [0.1, 0.15) is 12.1 Å². The summed E-state index contributed by atoms with van der Waals surface area (Å²) in [7, 11) is 0. The summed E-state index contributed by atoms with van der Waals surface area (Å²) in [6, 6.07) is 20.8. The molecule has 4 amide bonds. The van der Waals surface area contributed by atoms with E-state index >= 15 is 0 Å². The van der Waals surface area contributed by atoms with E-state index < -0.39 is 11.6 Å². The van der Waals surface area contributed by atoms with Crippen molar-refractivity contribution in [2.75, 3.05) is 6.54 Å². The van der Waals surface area contributed by atoms with Gasteiger partial charge in [0, 0.05) is 0 Å². The number of urea groups is 1. The zero-order valence-corrected chi connectivity index (χ0v) is 17.2. The van der Waals surface area contributed by atoms with Crippen molar-refractivity contribution in [3.63, 3.8) is 0 Å². The molecule has 1 heterocycles. The van der Waals surface area contributed by atoms with Crippen LogP contribution in [0.5, 0.6) is 0 Å². The molecule has 5 rings (SSSR count). The first-order valence-electron chi connectivity index (χ1n) is 10.5. The minimum absolute atomic E-state index is 0.263. The Labute approximate surface area is 180 Å². The van der Waals surface area contributed by atoms with E-state index in [9.17, 15) is 14.4 Å². The number of imide groups is 1. The second kappa shape index (κ2) is 7.23. The van der Waals surface area contributed by atoms with Gasteiger partial charge in [0.2, 0.25) is 5.91 Å². The van der Waals surface area contributed by atoms with Gasteiger partial charge in [0.05, 0.1) is 6.04 Å². The van der Waals surface area contributed by atoms with Crippen LogP contribution in [0.1, 0.15) is 36.1 Å². The molecule has 1 fully saturated rings. The van der Waals surface area contributed by atoms with Crippen molar-refractivity contribution in [3.05, 3.63) is 83.4 Å². The number of fused-ring (bicyclic) bond motifs is 3. The molecule has 1 aliphatic heterocycles. The second-order valence-electron chi connectivity index (χ2n) is 8.24. The van der Waals surface area contributed by atoms with Gasteiger partial charge >= 0.3 is 6.03 Å². The molecule has 0 radical (unpaired) electrons. The summed E-state index contributed by atoms with van der Waals surface area (Å²) in [5.41, 5.74) is 1.84. The zero-order chi connectivity index (χ0) is 21.6. The fraction of sp³-hybridized carbons (Fsp3) is 0.240. The third-order valence-corrected chi connectivity index (χ3v) is 6.39. The van der Waals surface area contributed by atoms with Crippen LogP contribution in [0.2, 0.25) is 0 Å². The molecule has 0 aromatic heterocycles. The standard InChI is InChI=1S/C25H23N3O3/c1-16(19-11-6-9-17-7-2-4-10-20(17)19)26-22(29)15-28-23(30)25(27-24(28)31)14-13-18-8-3-5-12-21(18)25/h2-12,16H,13-15H2,1H3,(H,26,29)(H,27,31)/t16-,25+/m1/s1. The van der Waals surface area contributed by atoms with E-state index in [0.29, 0.717) is 6.42 Å². The quantitative estimate of drug-likeness (QED) is 0.644. The van der Waals surface area contributed by atoms with Crippen LogP contribution < -0.4 is 10.6 Å².